The number of likely N-dealkylation sites (N-methyl/N-ethyl adjacent to an activating group) is 1. The summed E-state index contributed by atoms with van der Waals surface area (Å²) >= 11 is 0. The van der Waals surface area contributed by atoms with E-state index in [0.29, 0.717) is 6.61 Å². The summed E-state index contributed by atoms with van der Waals surface area (Å²) in [5, 5.41) is 0. The first-order chi connectivity index (χ1) is 10.3. The standard InChI is InChI=1S/C18H21NO2/c1-19-11-12-20-18(13-19)16-7-9-17(10-8-16)21-14-15-5-3-2-4-6-15/h2-10,18H,11-14H2,1H3/t18-/m0/s1. The number of morpholine rings is 1. The normalized spacial score (nSPS) is 19.4. The second-order valence-corrected chi connectivity index (χ2v) is 5.46. The lowest BCUT2D eigenvalue weighted by atomic mass is 10.1. The van der Waals surface area contributed by atoms with E-state index in [2.05, 4.69) is 36.2 Å². The summed E-state index contributed by atoms with van der Waals surface area (Å²) in [7, 11) is 2.13. The van der Waals surface area contributed by atoms with Gasteiger partial charge >= 0.3 is 0 Å². The van der Waals surface area contributed by atoms with Crippen LogP contribution < -0.4 is 4.74 Å². The quantitative estimate of drug-likeness (QED) is 0.859. The lowest BCUT2D eigenvalue weighted by Crippen LogP contribution is -2.35. The Morgan fingerprint density at radius 3 is 2.57 bits per heavy atom. The minimum Gasteiger partial charge on any atom is -0.489 e. The molecule has 0 N–H and O–H groups in total. The van der Waals surface area contributed by atoms with Crippen molar-refractivity contribution in [1.29, 1.82) is 0 Å². The van der Waals surface area contributed by atoms with Gasteiger partial charge in [0.1, 0.15) is 12.4 Å². The second kappa shape index (κ2) is 6.74. The number of rotatable bonds is 4. The summed E-state index contributed by atoms with van der Waals surface area (Å²) in [4.78, 5) is 2.30. The molecule has 1 atom stereocenters. The Morgan fingerprint density at radius 1 is 1.10 bits per heavy atom. The number of ether oxygens (including phenoxy) is 2. The Kier molecular flexibility index (Phi) is 4.53. The first-order valence-corrected chi connectivity index (χ1v) is 7.38. The van der Waals surface area contributed by atoms with Crippen LogP contribution >= 0.6 is 0 Å². The van der Waals surface area contributed by atoms with Gasteiger partial charge in [0, 0.05) is 13.1 Å². The Hall–Kier alpha value is -1.84. The van der Waals surface area contributed by atoms with E-state index in [-0.39, 0.29) is 6.10 Å². The summed E-state index contributed by atoms with van der Waals surface area (Å²) in [6, 6.07) is 18.5. The predicted molar refractivity (Wildman–Crippen MR) is 83.4 cm³/mol. The summed E-state index contributed by atoms with van der Waals surface area (Å²) in [5.74, 6) is 0.895. The topological polar surface area (TPSA) is 21.7 Å². The highest BCUT2D eigenvalue weighted by Gasteiger charge is 2.19. The molecule has 110 valence electrons. The number of hydrogen-bond acceptors (Lipinski definition) is 3. The molecule has 0 amide bonds. The van der Waals surface area contributed by atoms with Crippen molar-refractivity contribution in [3.8, 4) is 5.75 Å². The van der Waals surface area contributed by atoms with E-state index < -0.39 is 0 Å². The van der Waals surface area contributed by atoms with Crippen LogP contribution in [0.25, 0.3) is 0 Å². The van der Waals surface area contributed by atoms with Gasteiger partial charge in [-0.1, -0.05) is 42.5 Å². The van der Waals surface area contributed by atoms with E-state index in [1.807, 2.05) is 30.3 Å². The summed E-state index contributed by atoms with van der Waals surface area (Å²) in [5.41, 5.74) is 2.40. The van der Waals surface area contributed by atoms with Crippen LogP contribution in [0, 0.1) is 0 Å². The summed E-state index contributed by atoms with van der Waals surface area (Å²) in [6.45, 7) is 3.36. The van der Waals surface area contributed by atoms with Crippen molar-refractivity contribution in [2.75, 3.05) is 26.7 Å². The maximum atomic E-state index is 5.82. The first kappa shape index (κ1) is 14.1. The van der Waals surface area contributed by atoms with Crippen molar-refractivity contribution in [1.82, 2.24) is 4.90 Å². The molecule has 0 aromatic heterocycles. The van der Waals surface area contributed by atoms with Crippen molar-refractivity contribution >= 4 is 0 Å². The average Bonchev–Trinajstić information content (AvgIpc) is 2.54. The highest BCUT2D eigenvalue weighted by Crippen LogP contribution is 2.24. The van der Waals surface area contributed by atoms with E-state index in [4.69, 9.17) is 9.47 Å². The van der Waals surface area contributed by atoms with Gasteiger partial charge in [-0.3, -0.25) is 0 Å². The third kappa shape index (κ3) is 3.84. The fourth-order valence-electron chi connectivity index (χ4n) is 2.50. The van der Waals surface area contributed by atoms with Crippen LogP contribution in [0.15, 0.2) is 54.6 Å². The fraction of sp³-hybridized carbons (Fsp3) is 0.333. The minimum absolute atomic E-state index is 0.173. The van der Waals surface area contributed by atoms with Gasteiger partial charge in [-0.25, -0.2) is 0 Å². The molecule has 0 bridgehead atoms. The van der Waals surface area contributed by atoms with Gasteiger partial charge in [0.15, 0.2) is 0 Å². The molecule has 0 spiro atoms. The molecule has 21 heavy (non-hydrogen) atoms. The largest absolute Gasteiger partial charge is 0.489 e. The predicted octanol–water partition coefficient (Wildman–Crippen LogP) is 3.27. The van der Waals surface area contributed by atoms with E-state index in [1.165, 1.54) is 11.1 Å². The molecule has 0 unspecified atom stereocenters. The molecule has 2 aromatic rings. The molecule has 3 nitrogen and oxygen atoms in total. The minimum atomic E-state index is 0.173. The SMILES string of the molecule is CN1CCO[C@H](c2ccc(OCc3ccccc3)cc2)C1. The Labute approximate surface area is 126 Å². The fourth-order valence-corrected chi connectivity index (χ4v) is 2.50. The van der Waals surface area contributed by atoms with Crippen LogP contribution in [0.1, 0.15) is 17.2 Å². The molecule has 0 radical (unpaired) electrons. The van der Waals surface area contributed by atoms with Gasteiger partial charge in [-0.05, 0) is 30.3 Å². The third-order valence-corrected chi connectivity index (χ3v) is 3.77. The van der Waals surface area contributed by atoms with E-state index in [9.17, 15) is 0 Å². The van der Waals surface area contributed by atoms with Gasteiger partial charge in [-0.15, -0.1) is 0 Å². The van der Waals surface area contributed by atoms with E-state index in [1.54, 1.807) is 0 Å². The smallest absolute Gasteiger partial charge is 0.119 e. The highest BCUT2D eigenvalue weighted by atomic mass is 16.5. The Balaban J connectivity index is 1.59. The van der Waals surface area contributed by atoms with Crippen LogP contribution in [-0.2, 0) is 11.3 Å². The van der Waals surface area contributed by atoms with Crippen molar-refractivity contribution in [2.45, 2.75) is 12.7 Å². The third-order valence-electron chi connectivity index (χ3n) is 3.77. The lowest BCUT2D eigenvalue weighted by Gasteiger charge is -2.30. The summed E-state index contributed by atoms with van der Waals surface area (Å²) < 4.78 is 11.6. The molecule has 1 saturated heterocycles. The van der Waals surface area contributed by atoms with Gasteiger partial charge in [0.2, 0.25) is 0 Å². The molecule has 0 saturated carbocycles. The highest BCUT2D eigenvalue weighted by molar-refractivity contribution is 5.29. The zero-order chi connectivity index (χ0) is 14.5. The lowest BCUT2D eigenvalue weighted by molar-refractivity contribution is -0.0209. The van der Waals surface area contributed by atoms with Gasteiger partial charge in [0.05, 0.1) is 12.7 Å². The number of benzene rings is 2. The van der Waals surface area contributed by atoms with Crippen LogP contribution in [0.4, 0.5) is 0 Å². The molecule has 1 aliphatic rings. The number of hydrogen-bond donors (Lipinski definition) is 0. The molecular formula is C18H21NO2. The van der Waals surface area contributed by atoms with Gasteiger partial charge in [0.25, 0.3) is 0 Å². The van der Waals surface area contributed by atoms with E-state index >= 15 is 0 Å². The van der Waals surface area contributed by atoms with Crippen LogP contribution in [0.3, 0.4) is 0 Å². The number of nitrogens with zero attached hydrogens (tertiary/aromatic N) is 1. The second-order valence-electron chi connectivity index (χ2n) is 5.46. The molecule has 1 aliphatic heterocycles. The van der Waals surface area contributed by atoms with Crippen molar-refractivity contribution in [3.05, 3.63) is 65.7 Å². The van der Waals surface area contributed by atoms with Crippen LogP contribution in [0.2, 0.25) is 0 Å². The molecule has 2 aromatic carbocycles. The Morgan fingerprint density at radius 2 is 1.86 bits per heavy atom. The zero-order valence-corrected chi connectivity index (χ0v) is 12.4. The van der Waals surface area contributed by atoms with E-state index in [0.717, 1.165) is 25.4 Å². The van der Waals surface area contributed by atoms with Gasteiger partial charge in [-0.2, -0.15) is 0 Å². The molecular weight excluding hydrogens is 262 g/mol. The summed E-state index contributed by atoms with van der Waals surface area (Å²) in [6.07, 6.45) is 0.173. The monoisotopic (exact) mass is 283 g/mol. The molecule has 3 heteroatoms. The molecule has 1 fully saturated rings. The van der Waals surface area contributed by atoms with Crippen LogP contribution in [0.5, 0.6) is 5.75 Å². The van der Waals surface area contributed by atoms with Crippen LogP contribution in [-0.4, -0.2) is 31.6 Å². The maximum Gasteiger partial charge on any atom is 0.119 e. The Bertz CT molecular complexity index is 553. The first-order valence-electron chi connectivity index (χ1n) is 7.38. The molecule has 0 aliphatic carbocycles. The van der Waals surface area contributed by atoms with Gasteiger partial charge < -0.3 is 14.4 Å². The van der Waals surface area contributed by atoms with Crippen molar-refractivity contribution in [3.63, 3.8) is 0 Å². The zero-order valence-electron chi connectivity index (χ0n) is 12.4. The maximum absolute atomic E-state index is 5.82. The van der Waals surface area contributed by atoms with Crippen molar-refractivity contribution < 1.29 is 9.47 Å². The van der Waals surface area contributed by atoms with Crippen molar-refractivity contribution in [2.24, 2.45) is 0 Å². The molecule has 3 rings (SSSR count). The molecule has 1 heterocycles. The average molecular weight is 283 g/mol.